The Morgan fingerprint density at radius 2 is 2.15 bits per heavy atom. The fraction of sp³-hybridized carbons (Fsp3) is 0.500. The lowest BCUT2D eigenvalue weighted by Crippen LogP contribution is -2.31. The number of fused-ring (bicyclic) bond motifs is 1. The van der Waals surface area contributed by atoms with Gasteiger partial charge in [0.2, 0.25) is 0 Å². The van der Waals surface area contributed by atoms with Crippen LogP contribution in [0.15, 0.2) is 16.6 Å². The van der Waals surface area contributed by atoms with E-state index in [1.807, 2.05) is 25.3 Å². The van der Waals surface area contributed by atoms with Crippen LogP contribution in [0.25, 0.3) is 11.0 Å². The van der Waals surface area contributed by atoms with E-state index in [1.165, 1.54) is 6.07 Å². The summed E-state index contributed by atoms with van der Waals surface area (Å²) in [5.74, 6) is 0.678. The van der Waals surface area contributed by atoms with Gasteiger partial charge in [-0.15, -0.1) is 11.6 Å². The van der Waals surface area contributed by atoms with Gasteiger partial charge in [-0.2, -0.15) is 0 Å². The van der Waals surface area contributed by atoms with E-state index in [4.69, 9.17) is 16.3 Å². The van der Waals surface area contributed by atoms with Gasteiger partial charge in [0.15, 0.2) is 0 Å². The average molecular weight is 364 g/mol. The van der Waals surface area contributed by atoms with E-state index in [2.05, 4.69) is 20.9 Å². The minimum Gasteiger partial charge on any atom is -0.374 e. The number of rotatable bonds is 5. The van der Waals surface area contributed by atoms with Crippen LogP contribution in [-0.4, -0.2) is 21.8 Å². The Kier molecular flexibility index (Phi) is 4.72. The van der Waals surface area contributed by atoms with E-state index >= 15 is 0 Å². The summed E-state index contributed by atoms with van der Waals surface area (Å²) in [6.07, 6.45) is 0. The molecule has 110 valence electrons. The first-order valence-electron chi connectivity index (χ1n) is 6.42. The van der Waals surface area contributed by atoms with E-state index < -0.39 is 0 Å². The van der Waals surface area contributed by atoms with Crippen molar-refractivity contribution in [3.63, 3.8) is 0 Å². The Hall–Kier alpha value is -0.650. The van der Waals surface area contributed by atoms with Gasteiger partial charge in [0.1, 0.15) is 11.6 Å². The molecule has 0 N–H and O–H groups in total. The summed E-state index contributed by atoms with van der Waals surface area (Å²) in [5.41, 5.74) is 1.09. The number of benzene rings is 1. The van der Waals surface area contributed by atoms with Gasteiger partial charge < -0.3 is 9.30 Å². The van der Waals surface area contributed by atoms with Crippen LogP contribution in [0.1, 0.15) is 26.6 Å². The van der Waals surface area contributed by atoms with Crippen molar-refractivity contribution >= 4 is 38.6 Å². The highest BCUT2D eigenvalue weighted by atomic mass is 79.9. The second-order valence-electron chi connectivity index (χ2n) is 5.20. The Morgan fingerprint density at radius 1 is 1.45 bits per heavy atom. The SMILES string of the molecule is CCOC(C)(C)Cn1c(CCl)nc2cc(Br)c(F)cc21. The van der Waals surface area contributed by atoms with Crippen LogP contribution in [0.3, 0.4) is 0 Å². The molecule has 0 amide bonds. The molecule has 0 fully saturated rings. The third kappa shape index (κ3) is 3.15. The number of halogens is 3. The van der Waals surface area contributed by atoms with Gasteiger partial charge in [-0.25, -0.2) is 9.37 Å². The zero-order valence-corrected chi connectivity index (χ0v) is 14.1. The molecule has 1 aromatic carbocycles. The highest BCUT2D eigenvalue weighted by Crippen LogP contribution is 2.26. The molecule has 0 bridgehead atoms. The third-order valence-corrected chi connectivity index (χ3v) is 3.91. The summed E-state index contributed by atoms with van der Waals surface area (Å²) >= 11 is 9.14. The van der Waals surface area contributed by atoms with Crippen LogP contribution in [-0.2, 0) is 17.2 Å². The van der Waals surface area contributed by atoms with Gasteiger partial charge in [-0.3, -0.25) is 0 Å². The summed E-state index contributed by atoms with van der Waals surface area (Å²) < 4.78 is 21.8. The quantitative estimate of drug-likeness (QED) is 0.732. The maximum Gasteiger partial charge on any atom is 0.139 e. The average Bonchev–Trinajstić information content (AvgIpc) is 2.67. The van der Waals surface area contributed by atoms with Crippen LogP contribution in [0.4, 0.5) is 4.39 Å². The molecule has 2 rings (SSSR count). The first-order chi connectivity index (χ1) is 9.38. The molecule has 0 radical (unpaired) electrons. The fourth-order valence-electron chi connectivity index (χ4n) is 2.27. The number of ether oxygens (including phenoxy) is 1. The van der Waals surface area contributed by atoms with Gasteiger partial charge in [0.05, 0.1) is 33.5 Å². The molecular formula is C14H17BrClFN2O. The Morgan fingerprint density at radius 3 is 2.75 bits per heavy atom. The third-order valence-electron chi connectivity index (χ3n) is 3.06. The molecule has 0 aliphatic rings. The Balaban J connectivity index is 2.53. The summed E-state index contributed by atoms with van der Waals surface area (Å²) in [4.78, 5) is 4.46. The van der Waals surface area contributed by atoms with Crippen molar-refractivity contribution in [1.82, 2.24) is 9.55 Å². The number of nitrogens with zero attached hydrogens (tertiary/aromatic N) is 2. The fourth-order valence-corrected chi connectivity index (χ4v) is 2.80. The molecule has 0 saturated carbocycles. The van der Waals surface area contributed by atoms with Crippen LogP contribution >= 0.6 is 27.5 Å². The molecule has 2 aromatic rings. The number of imidazole rings is 1. The van der Waals surface area contributed by atoms with Crippen LogP contribution in [0.5, 0.6) is 0 Å². The first kappa shape index (κ1) is 15.7. The molecule has 1 heterocycles. The van der Waals surface area contributed by atoms with Gasteiger partial charge in [0, 0.05) is 12.7 Å². The van der Waals surface area contributed by atoms with Gasteiger partial charge >= 0.3 is 0 Å². The molecule has 20 heavy (non-hydrogen) atoms. The Bertz CT molecular complexity index is 627. The molecule has 0 atom stereocenters. The molecule has 0 unspecified atom stereocenters. The van der Waals surface area contributed by atoms with E-state index in [-0.39, 0.29) is 17.3 Å². The van der Waals surface area contributed by atoms with E-state index in [0.717, 1.165) is 11.0 Å². The van der Waals surface area contributed by atoms with Crippen LogP contribution in [0, 0.1) is 5.82 Å². The second-order valence-corrected chi connectivity index (χ2v) is 6.32. The second kappa shape index (κ2) is 6.00. The maximum atomic E-state index is 13.8. The van der Waals surface area contributed by atoms with Crippen molar-refractivity contribution in [3.05, 3.63) is 28.2 Å². The van der Waals surface area contributed by atoms with Crippen molar-refractivity contribution in [1.29, 1.82) is 0 Å². The molecule has 1 aromatic heterocycles. The normalized spacial score (nSPS) is 12.3. The van der Waals surface area contributed by atoms with Gasteiger partial charge in [0.25, 0.3) is 0 Å². The first-order valence-corrected chi connectivity index (χ1v) is 7.75. The lowest BCUT2D eigenvalue weighted by atomic mass is 10.1. The van der Waals surface area contributed by atoms with E-state index in [9.17, 15) is 4.39 Å². The molecule has 0 spiro atoms. The summed E-state index contributed by atoms with van der Waals surface area (Å²) in [6.45, 7) is 7.13. The summed E-state index contributed by atoms with van der Waals surface area (Å²) in [5, 5.41) is 0. The minimum atomic E-state index is -0.368. The number of hydrogen-bond acceptors (Lipinski definition) is 2. The molecule has 0 saturated heterocycles. The topological polar surface area (TPSA) is 27.1 Å². The molecular weight excluding hydrogens is 347 g/mol. The lowest BCUT2D eigenvalue weighted by molar-refractivity contribution is -0.0220. The smallest absolute Gasteiger partial charge is 0.139 e. The molecule has 6 heteroatoms. The monoisotopic (exact) mass is 362 g/mol. The lowest BCUT2D eigenvalue weighted by Gasteiger charge is -2.26. The number of hydrogen-bond donors (Lipinski definition) is 0. The van der Waals surface area contributed by atoms with Crippen LogP contribution in [0.2, 0.25) is 0 Å². The highest BCUT2D eigenvalue weighted by molar-refractivity contribution is 9.10. The molecule has 0 aliphatic heterocycles. The number of aromatic nitrogens is 2. The maximum absolute atomic E-state index is 13.8. The predicted octanol–water partition coefficient (Wildman–Crippen LogP) is 4.49. The van der Waals surface area contributed by atoms with E-state index in [0.29, 0.717) is 23.4 Å². The van der Waals surface area contributed by atoms with Crippen molar-refractivity contribution in [2.24, 2.45) is 0 Å². The predicted molar refractivity (Wildman–Crippen MR) is 82.7 cm³/mol. The molecule has 3 nitrogen and oxygen atoms in total. The minimum absolute atomic E-state index is 0.274. The standard InChI is InChI=1S/C14H17BrClFN2O/c1-4-20-14(2,3)8-19-12-6-10(17)9(15)5-11(12)18-13(19)7-16/h5-6H,4,7-8H2,1-3H3. The zero-order valence-electron chi connectivity index (χ0n) is 11.7. The van der Waals surface area contributed by atoms with Gasteiger partial charge in [-0.05, 0) is 42.8 Å². The van der Waals surface area contributed by atoms with Gasteiger partial charge in [-0.1, -0.05) is 0 Å². The molecule has 0 aliphatic carbocycles. The summed E-state index contributed by atoms with van der Waals surface area (Å²) in [6, 6.07) is 3.15. The van der Waals surface area contributed by atoms with Crippen molar-refractivity contribution in [2.75, 3.05) is 6.61 Å². The highest BCUT2D eigenvalue weighted by Gasteiger charge is 2.22. The van der Waals surface area contributed by atoms with E-state index in [1.54, 1.807) is 6.07 Å². The Labute approximate surface area is 131 Å². The van der Waals surface area contributed by atoms with Crippen molar-refractivity contribution in [2.45, 2.75) is 38.8 Å². The van der Waals surface area contributed by atoms with Crippen LogP contribution < -0.4 is 0 Å². The summed E-state index contributed by atoms with van der Waals surface area (Å²) in [7, 11) is 0. The number of alkyl halides is 1. The largest absolute Gasteiger partial charge is 0.374 e. The van der Waals surface area contributed by atoms with Crippen molar-refractivity contribution < 1.29 is 9.13 Å². The zero-order chi connectivity index (χ0) is 14.9. The van der Waals surface area contributed by atoms with Crippen molar-refractivity contribution in [3.8, 4) is 0 Å².